The van der Waals surface area contributed by atoms with Crippen molar-refractivity contribution in [2.24, 2.45) is 11.8 Å². The molecule has 2 aliphatic carbocycles. The van der Waals surface area contributed by atoms with E-state index in [1.807, 2.05) is 12.1 Å². The Kier molecular flexibility index (Phi) is 6.01. The van der Waals surface area contributed by atoms with Crippen LogP contribution in [0.25, 0.3) is 6.08 Å². The van der Waals surface area contributed by atoms with Crippen LogP contribution in [-0.4, -0.2) is 36.5 Å². The van der Waals surface area contributed by atoms with Gasteiger partial charge in [-0.15, -0.1) is 0 Å². The fraction of sp³-hybridized carbons (Fsp3) is 0.696. The van der Waals surface area contributed by atoms with E-state index in [1.165, 1.54) is 45.1 Å². The predicted molar refractivity (Wildman–Crippen MR) is 108 cm³/mol. The van der Waals surface area contributed by atoms with E-state index in [4.69, 9.17) is 4.42 Å². The highest BCUT2D eigenvalue weighted by atomic mass is 16.3. The van der Waals surface area contributed by atoms with Gasteiger partial charge in [0.15, 0.2) is 0 Å². The van der Waals surface area contributed by atoms with Crippen LogP contribution in [0.4, 0.5) is 0 Å². The minimum absolute atomic E-state index is 0.00142. The van der Waals surface area contributed by atoms with Crippen LogP contribution in [0.3, 0.4) is 0 Å². The zero-order valence-corrected chi connectivity index (χ0v) is 16.7. The SMILES string of the molecule is CC1CC1c1ccc(/C=C/C(=O)NC2CCN(CC3CCCCC3)CC2)o1. The molecule has 2 unspecified atom stereocenters. The summed E-state index contributed by atoms with van der Waals surface area (Å²) in [5.41, 5.74) is 0. The maximum absolute atomic E-state index is 12.2. The van der Waals surface area contributed by atoms with E-state index >= 15 is 0 Å². The van der Waals surface area contributed by atoms with Gasteiger partial charge in [0.2, 0.25) is 5.91 Å². The summed E-state index contributed by atoms with van der Waals surface area (Å²) in [4.78, 5) is 14.8. The molecule has 2 heterocycles. The molecule has 4 nitrogen and oxygen atoms in total. The molecule has 148 valence electrons. The number of carbonyl (C=O) groups is 1. The molecule has 0 radical (unpaired) electrons. The zero-order valence-electron chi connectivity index (χ0n) is 16.7. The van der Waals surface area contributed by atoms with Gasteiger partial charge in [0, 0.05) is 37.7 Å². The first kappa shape index (κ1) is 18.8. The molecule has 1 aromatic rings. The Balaban J connectivity index is 1.17. The van der Waals surface area contributed by atoms with Crippen LogP contribution in [0.15, 0.2) is 22.6 Å². The molecule has 3 aliphatic rings. The minimum Gasteiger partial charge on any atom is -0.461 e. The summed E-state index contributed by atoms with van der Waals surface area (Å²) < 4.78 is 5.83. The predicted octanol–water partition coefficient (Wildman–Crippen LogP) is 4.58. The van der Waals surface area contributed by atoms with Gasteiger partial charge in [-0.2, -0.15) is 0 Å². The lowest BCUT2D eigenvalue weighted by molar-refractivity contribution is -0.117. The summed E-state index contributed by atoms with van der Waals surface area (Å²) in [5, 5.41) is 3.17. The Bertz CT molecular complexity index is 651. The van der Waals surface area contributed by atoms with Gasteiger partial charge in [0.25, 0.3) is 0 Å². The Morgan fingerprint density at radius 3 is 2.63 bits per heavy atom. The number of amides is 1. The molecule has 27 heavy (non-hydrogen) atoms. The largest absolute Gasteiger partial charge is 0.461 e. The van der Waals surface area contributed by atoms with Gasteiger partial charge in [0.1, 0.15) is 11.5 Å². The molecular weight excluding hydrogens is 336 g/mol. The van der Waals surface area contributed by atoms with Crippen LogP contribution in [0.2, 0.25) is 0 Å². The van der Waals surface area contributed by atoms with Gasteiger partial charge in [-0.25, -0.2) is 0 Å². The van der Waals surface area contributed by atoms with Gasteiger partial charge in [-0.1, -0.05) is 26.2 Å². The third kappa shape index (κ3) is 5.25. The molecule has 4 rings (SSSR count). The summed E-state index contributed by atoms with van der Waals surface area (Å²) in [7, 11) is 0. The summed E-state index contributed by atoms with van der Waals surface area (Å²) in [5.74, 6) is 4.07. The van der Waals surface area contributed by atoms with Crippen LogP contribution in [0.5, 0.6) is 0 Å². The van der Waals surface area contributed by atoms with Crippen molar-refractivity contribution in [2.75, 3.05) is 19.6 Å². The normalized spacial score (nSPS) is 27.9. The second-order valence-electron chi connectivity index (χ2n) is 8.98. The Morgan fingerprint density at radius 2 is 1.93 bits per heavy atom. The number of rotatable bonds is 6. The fourth-order valence-corrected chi connectivity index (χ4v) is 4.78. The molecule has 1 aliphatic heterocycles. The number of nitrogens with zero attached hydrogens (tertiary/aromatic N) is 1. The Labute approximate surface area is 163 Å². The summed E-state index contributed by atoms with van der Waals surface area (Å²) in [6.45, 7) is 5.75. The lowest BCUT2D eigenvalue weighted by atomic mass is 9.88. The lowest BCUT2D eigenvalue weighted by Crippen LogP contribution is -2.45. The topological polar surface area (TPSA) is 45.5 Å². The number of nitrogens with one attached hydrogen (secondary N) is 1. The molecule has 0 bridgehead atoms. The smallest absolute Gasteiger partial charge is 0.244 e. The molecule has 1 aromatic heterocycles. The van der Waals surface area contributed by atoms with E-state index in [0.29, 0.717) is 12.0 Å². The maximum Gasteiger partial charge on any atom is 0.244 e. The molecule has 2 saturated carbocycles. The number of furan rings is 1. The second-order valence-corrected chi connectivity index (χ2v) is 8.98. The van der Waals surface area contributed by atoms with E-state index < -0.39 is 0 Å². The molecular formula is C23H34N2O2. The van der Waals surface area contributed by atoms with Crippen molar-refractivity contribution in [2.45, 2.75) is 70.3 Å². The quantitative estimate of drug-likeness (QED) is 0.746. The van der Waals surface area contributed by atoms with Crippen LogP contribution in [-0.2, 0) is 4.79 Å². The van der Waals surface area contributed by atoms with Crippen molar-refractivity contribution in [1.29, 1.82) is 0 Å². The van der Waals surface area contributed by atoms with Gasteiger partial charge < -0.3 is 14.6 Å². The van der Waals surface area contributed by atoms with Gasteiger partial charge >= 0.3 is 0 Å². The monoisotopic (exact) mass is 370 g/mol. The highest BCUT2D eigenvalue weighted by Crippen LogP contribution is 2.47. The van der Waals surface area contributed by atoms with E-state index in [1.54, 1.807) is 12.2 Å². The van der Waals surface area contributed by atoms with E-state index in [-0.39, 0.29) is 5.91 Å². The van der Waals surface area contributed by atoms with Gasteiger partial charge in [-0.3, -0.25) is 4.79 Å². The molecule has 0 aromatic carbocycles. The van der Waals surface area contributed by atoms with Crippen molar-refractivity contribution < 1.29 is 9.21 Å². The summed E-state index contributed by atoms with van der Waals surface area (Å²) >= 11 is 0. The summed E-state index contributed by atoms with van der Waals surface area (Å²) in [6, 6.07) is 4.33. The van der Waals surface area contributed by atoms with E-state index in [9.17, 15) is 4.79 Å². The first-order chi connectivity index (χ1) is 13.2. The van der Waals surface area contributed by atoms with Gasteiger partial charge in [-0.05, 0) is 62.1 Å². The molecule has 1 amide bonds. The van der Waals surface area contributed by atoms with Crippen molar-refractivity contribution >= 4 is 12.0 Å². The minimum atomic E-state index is -0.00142. The average Bonchev–Trinajstić information content (AvgIpc) is 3.23. The number of hydrogen-bond donors (Lipinski definition) is 1. The first-order valence-corrected chi connectivity index (χ1v) is 11.0. The van der Waals surface area contributed by atoms with Crippen molar-refractivity contribution in [3.63, 3.8) is 0 Å². The maximum atomic E-state index is 12.2. The highest BCUT2D eigenvalue weighted by Gasteiger charge is 2.36. The number of piperidine rings is 1. The highest BCUT2D eigenvalue weighted by molar-refractivity contribution is 5.91. The number of hydrogen-bond acceptors (Lipinski definition) is 3. The lowest BCUT2D eigenvalue weighted by Gasteiger charge is -2.35. The third-order valence-electron chi connectivity index (χ3n) is 6.70. The van der Waals surface area contributed by atoms with Crippen LogP contribution >= 0.6 is 0 Å². The number of likely N-dealkylation sites (tertiary alicyclic amines) is 1. The van der Waals surface area contributed by atoms with E-state index in [2.05, 4.69) is 17.1 Å². The van der Waals surface area contributed by atoms with Crippen LogP contribution < -0.4 is 5.32 Å². The van der Waals surface area contributed by atoms with E-state index in [0.717, 1.165) is 49.3 Å². The standard InChI is InChI=1S/C23H34N2O2/c1-17-15-21(17)22-9-7-20(27-22)8-10-23(26)24-19-11-13-25(14-12-19)16-18-5-3-2-4-6-18/h7-10,17-19,21H,2-6,11-16H2,1H3,(H,24,26)/b10-8+. The molecule has 1 saturated heterocycles. The second kappa shape index (κ2) is 8.64. The number of carbonyl (C=O) groups excluding carboxylic acids is 1. The average molecular weight is 371 g/mol. The molecule has 3 fully saturated rings. The molecule has 1 N–H and O–H groups in total. The zero-order chi connectivity index (χ0) is 18.6. The van der Waals surface area contributed by atoms with Crippen LogP contribution in [0.1, 0.15) is 75.7 Å². The van der Waals surface area contributed by atoms with Crippen molar-refractivity contribution in [3.05, 3.63) is 29.7 Å². The van der Waals surface area contributed by atoms with Crippen LogP contribution in [0, 0.1) is 11.8 Å². The molecule has 4 heteroatoms. The molecule has 2 atom stereocenters. The van der Waals surface area contributed by atoms with Crippen molar-refractivity contribution in [3.8, 4) is 0 Å². The summed E-state index contributed by atoms with van der Waals surface area (Å²) in [6.07, 6.45) is 13.9. The fourth-order valence-electron chi connectivity index (χ4n) is 4.78. The first-order valence-electron chi connectivity index (χ1n) is 11.0. The Hall–Kier alpha value is -1.55. The van der Waals surface area contributed by atoms with Gasteiger partial charge in [0.05, 0.1) is 0 Å². The van der Waals surface area contributed by atoms with Crippen molar-refractivity contribution in [1.82, 2.24) is 10.2 Å². The Morgan fingerprint density at radius 1 is 1.19 bits per heavy atom. The molecule has 0 spiro atoms. The third-order valence-corrected chi connectivity index (χ3v) is 6.70.